The lowest BCUT2D eigenvalue weighted by molar-refractivity contribution is -0.139. The first-order valence-electron chi connectivity index (χ1n) is 8.74. The first kappa shape index (κ1) is 17.9. The molecule has 0 aliphatic carbocycles. The highest BCUT2D eigenvalue weighted by atomic mass is 16.4. The second-order valence-corrected chi connectivity index (χ2v) is 6.95. The lowest BCUT2D eigenvalue weighted by Gasteiger charge is -2.12. The molecule has 134 valence electrons. The molecule has 0 spiro atoms. The van der Waals surface area contributed by atoms with E-state index in [9.17, 15) is 9.90 Å². The maximum Gasteiger partial charge on any atom is 0.328 e. The molecule has 1 heterocycles. The van der Waals surface area contributed by atoms with Gasteiger partial charge < -0.3 is 9.52 Å². The SMILES string of the molecule is Cc1cc2oc(-c3ccccc3)cc(=N[C@H](C(=O)O)C(C)C)c2cc1C. The molecule has 0 radical (unpaired) electrons. The van der Waals surface area contributed by atoms with Gasteiger partial charge in [0.15, 0.2) is 0 Å². The summed E-state index contributed by atoms with van der Waals surface area (Å²) >= 11 is 0. The van der Waals surface area contributed by atoms with E-state index in [2.05, 4.69) is 4.99 Å². The third-order valence-electron chi connectivity index (χ3n) is 4.58. The fourth-order valence-corrected chi connectivity index (χ4v) is 2.91. The second kappa shape index (κ2) is 7.16. The van der Waals surface area contributed by atoms with Gasteiger partial charge in [-0.05, 0) is 43.0 Å². The molecule has 0 amide bonds. The fourth-order valence-electron chi connectivity index (χ4n) is 2.91. The average Bonchev–Trinajstić information content (AvgIpc) is 2.60. The van der Waals surface area contributed by atoms with Crippen LogP contribution in [0.25, 0.3) is 22.3 Å². The van der Waals surface area contributed by atoms with Crippen LogP contribution < -0.4 is 5.36 Å². The lowest BCUT2D eigenvalue weighted by atomic mass is 10.0. The van der Waals surface area contributed by atoms with Crippen LogP contribution >= 0.6 is 0 Å². The summed E-state index contributed by atoms with van der Waals surface area (Å²) < 4.78 is 6.12. The molecular weight excluding hydrogens is 326 g/mol. The van der Waals surface area contributed by atoms with Gasteiger partial charge in [-0.2, -0.15) is 0 Å². The molecule has 0 fully saturated rings. The van der Waals surface area contributed by atoms with Crippen LogP contribution in [0.4, 0.5) is 0 Å². The van der Waals surface area contributed by atoms with Gasteiger partial charge in [0, 0.05) is 17.0 Å². The van der Waals surface area contributed by atoms with Gasteiger partial charge in [0.2, 0.25) is 0 Å². The number of aryl methyl sites for hydroxylation is 2. The van der Waals surface area contributed by atoms with Gasteiger partial charge in [-0.15, -0.1) is 0 Å². The molecule has 0 saturated carbocycles. The molecule has 0 aliphatic rings. The zero-order valence-corrected chi connectivity index (χ0v) is 15.5. The van der Waals surface area contributed by atoms with Crippen molar-refractivity contribution in [1.82, 2.24) is 0 Å². The van der Waals surface area contributed by atoms with Crippen LogP contribution in [0.1, 0.15) is 25.0 Å². The van der Waals surface area contributed by atoms with Gasteiger partial charge in [0.05, 0.1) is 5.36 Å². The van der Waals surface area contributed by atoms with Crippen LogP contribution in [-0.4, -0.2) is 17.1 Å². The maximum absolute atomic E-state index is 11.6. The first-order valence-corrected chi connectivity index (χ1v) is 8.74. The van der Waals surface area contributed by atoms with Crippen molar-refractivity contribution in [3.8, 4) is 11.3 Å². The summed E-state index contributed by atoms with van der Waals surface area (Å²) in [6.45, 7) is 7.79. The van der Waals surface area contributed by atoms with Crippen molar-refractivity contribution in [2.75, 3.05) is 0 Å². The predicted octanol–water partition coefficient (Wildman–Crippen LogP) is 4.73. The van der Waals surface area contributed by atoms with E-state index in [1.807, 2.05) is 76.2 Å². The molecule has 4 nitrogen and oxygen atoms in total. The number of benzene rings is 2. The van der Waals surface area contributed by atoms with Crippen molar-refractivity contribution in [1.29, 1.82) is 0 Å². The molecule has 0 aliphatic heterocycles. The normalized spacial score (nSPS) is 13.3. The lowest BCUT2D eigenvalue weighted by Crippen LogP contribution is -2.27. The molecule has 1 atom stereocenters. The number of hydrogen-bond acceptors (Lipinski definition) is 3. The average molecular weight is 349 g/mol. The van der Waals surface area contributed by atoms with Gasteiger partial charge in [-0.1, -0.05) is 44.2 Å². The van der Waals surface area contributed by atoms with Crippen LogP contribution in [0.5, 0.6) is 0 Å². The number of nitrogens with zero attached hydrogens (tertiary/aromatic N) is 1. The number of carbonyl (C=O) groups is 1. The van der Waals surface area contributed by atoms with E-state index in [1.54, 1.807) is 0 Å². The minimum atomic E-state index is -0.918. The zero-order chi connectivity index (χ0) is 18.8. The number of carboxylic acids is 1. The quantitative estimate of drug-likeness (QED) is 0.741. The van der Waals surface area contributed by atoms with Gasteiger partial charge >= 0.3 is 5.97 Å². The number of hydrogen-bond donors (Lipinski definition) is 1. The van der Waals surface area contributed by atoms with Crippen LogP contribution in [0.2, 0.25) is 0 Å². The Hall–Kier alpha value is -2.88. The highest BCUT2D eigenvalue weighted by Gasteiger charge is 2.20. The molecule has 0 bridgehead atoms. The molecule has 3 aromatic rings. The van der Waals surface area contributed by atoms with Crippen molar-refractivity contribution >= 4 is 16.9 Å². The number of rotatable bonds is 4. The Balaban J connectivity index is 2.35. The Bertz CT molecular complexity index is 1020. The minimum Gasteiger partial charge on any atom is -0.480 e. The highest BCUT2D eigenvalue weighted by molar-refractivity contribution is 5.81. The maximum atomic E-state index is 11.6. The monoisotopic (exact) mass is 349 g/mol. The Morgan fingerprint density at radius 2 is 1.69 bits per heavy atom. The zero-order valence-electron chi connectivity index (χ0n) is 15.5. The van der Waals surface area contributed by atoms with Gasteiger partial charge in [0.1, 0.15) is 17.4 Å². The smallest absolute Gasteiger partial charge is 0.328 e. The van der Waals surface area contributed by atoms with Crippen molar-refractivity contribution < 1.29 is 14.3 Å². The summed E-state index contributed by atoms with van der Waals surface area (Å²) in [6.07, 6.45) is 0. The van der Waals surface area contributed by atoms with E-state index in [4.69, 9.17) is 4.42 Å². The van der Waals surface area contributed by atoms with Gasteiger partial charge in [0.25, 0.3) is 0 Å². The van der Waals surface area contributed by atoms with E-state index >= 15 is 0 Å². The largest absolute Gasteiger partial charge is 0.480 e. The topological polar surface area (TPSA) is 62.8 Å². The first-order chi connectivity index (χ1) is 12.4. The van der Waals surface area contributed by atoms with E-state index < -0.39 is 12.0 Å². The van der Waals surface area contributed by atoms with Crippen molar-refractivity contribution in [2.24, 2.45) is 10.9 Å². The highest BCUT2D eigenvalue weighted by Crippen LogP contribution is 2.24. The van der Waals surface area contributed by atoms with Crippen LogP contribution in [0, 0.1) is 19.8 Å². The van der Waals surface area contributed by atoms with E-state index in [0.717, 1.165) is 22.1 Å². The summed E-state index contributed by atoms with van der Waals surface area (Å²) in [4.78, 5) is 16.2. The number of carboxylic acid groups (broad SMARTS) is 1. The number of fused-ring (bicyclic) bond motifs is 1. The van der Waals surface area contributed by atoms with Crippen molar-refractivity contribution in [3.63, 3.8) is 0 Å². The molecular formula is C22H23NO3. The standard InChI is InChI=1S/C22H23NO3/c1-13(2)21(22(24)25)23-18-12-19(16-8-6-5-7-9-16)26-20-11-15(4)14(3)10-17(18)20/h5-13,21H,1-4H3,(H,24,25)/t21-/m0/s1. The van der Waals surface area contributed by atoms with Crippen LogP contribution in [-0.2, 0) is 4.79 Å². The van der Waals surface area contributed by atoms with Crippen molar-refractivity contribution in [3.05, 3.63) is 65.0 Å². The van der Waals surface area contributed by atoms with Crippen LogP contribution in [0.3, 0.4) is 0 Å². The van der Waals surface area contributed by atoms with E-state index in [1.165, 1.54) is 0 Å². The summed E-state index contributed by atoms with van der Waals surface area (Å²) in [6, 6.07) is 14.8. The third kappa shape index (κ3) is 3.54. The summed E-state index contributed by atoms with van der Waals surface area (Å²) in [5.74, 6) is -0.349. The molecule has 26 heavy (non-hydrogen) atoms. The van der Waals surface area contributed by atoms with Crippen molar-refractivity contribution in [2.45, 2.75) is 33.7 Å². The third-order valence-corrected chi connectivity index (χ3v) is 4.58. The number of aliphatic carboxylic acids is 1. The molecule has 2 aromatic carbocycles. The Morgan fingerprint density at radius 1 is 1.04 bits per heavy atom. The Kier molecular flexibility index (Phi) is 4.94. The molecule has 4 heteroatoms. The second-order valence-electron chi connectivity index (χ2n) is 6.95. The summed E-state index contributed by atoms with van der Waals surface area (Å²) in [7, 11) is 0. The predicted molar refractivity (Wildman–Crippen MR) is 103 cm³/mol. The molecule has 1 aromatic heterocycles. The molecule has 0 saturated heterocycles. The van der Waals surface area contributed by atoms with Gasteiger partial charge in [-0.3, -0.25) is 4.99 Å². The van der Waals surface area contributed by atoms with E-state index in [-0.39, 0.29) is 5.92 Å². The van der Waals surface area contributed by atoms with Gasteiger partial charge in [-0.25, -0.2) is 4.79 Å². The van der Waals surface area contributed by atoms with Crippen LogP contribution in [0.15, 0.2) is 57.9 Å². The molecule has 3 rings (SSSR count). The molecule has 1 N–H and O–H groups in total. The summed E-state index contributed by atoms with van der Waals surface area (Å²) in [5, 5.41) is 11.0. The fraction of sp³-hybridized carbons (Fsp3) is 0.273. The minimum absolute atomic E-state index is 0.105. The van der Waals surface area contributed by atoms with E-state index in [0.29, 0.717) is 16.7 Å². The summed E-state index contributed by atoms with van der Waals surface area (Å²) in [5.41, 5.74) is 3.88. The molecule has 0 unspecified atom stereocenters. The Morgan fingerprint density at radius 3 is 2.31 bits per heavy atom. The Labute approximate surface area is 152 Å².